The second kappa shape index (κ2) is 13.3. The normalized spacial score (nSPS) is 23.6. The molecule has 44 heavy (non-hydrogen) atoms. The fourth-order valence-electron chi connectivity index (χ4n) is 5.86. The summed E-state index contributed by atoms with van der Waals surface area (Å²) in [6.45, 7) is 32.2. The Labute approximate surface area is 268 Å². The summed E-state index contributed by atoms with van der Waals surface area (Å²) < 4.78 is 17.8. The Bertz CT molecular complexity index is 1080. The van der Waals surface area contributed by atoms with E-state index in [4.69, 9.17) is 14.2 Å². The van der Waals surface area contributed by atoms with Crippen LogP contribution in [-0.2, 0) is 35.9 Å². The third-order valence-electron chi connectivity index (χ3n) is 8.71. The number of phenols is 2. The molecule has 2 saturated heterocycles. The zero-order valence-corrected chi connectivity index (χ0v) is 30.3. The van der Waals surface area contributed by atoms with Crippen LogP contribution in [0, 0.1) is 11.8 Å². The van der Waals surface area contributed by atoms with Crippen LogP contribution in [0.2, 0.25) is 0 Å². The Hall–Kier alpha value is -2.08. The van der Waals surface area contributed by atoms with Gasteiger partial charge in [-0.25, -0.2) is 0 Å². The van der Waals surface area contributed by atoms with E-state index in [9.17, 15) is 10.2 Å². The molecule has 2 aliphatic rings. The molecule has 0 aromatic heterocycles. The van der Waals surface area contributed by atoms with Crippen LogP contribution in [0.5, 0.6) is 11.5 Å². The lowest BCUT2D eigenvalue weighted by Gasteiger charge is -2.32. The molecule has 0 spiro atoms. The summed E-state index contributed by atoms with van der Waals surface area (Å²) in [7, 11) is 0. The molecule has 0 aliphatic carbocycles. The van der Waals surface area contributed by atoms with Crippen molar-refractivity contribution in [1.29, 1.82) is 0 Å². The Balaban J connectivity index is 0.000000240. The first-order valence-corrected chi connectivity index (χ1v) is 16.6. The molecule has 2 atom stereocenters. The molecular weight excluding hydrogens is 548 g/mol. The number of rotatable bonds is 2. The summed E-state index contributed by atoms with van der Waals surface area (Å²) in [5, 5.41) is 21.5. The van der Waals surface area contributed by atoms with Crippen molar-refractivity contribution in [3.63, 3.8) is 0 Å². The van der Waals surface area contributed by atoms with Crippen LogP contribution in [0.4, 0.5) is 0 Å². The number of hydrogen-bond acceptors (Lipinski definition) is 5. The Morgan fingerprint density at radius 1 is 0.500 bits per heavy atom. The molecular formula is C39H62O5. The molecule has 2 aromatic rings. The second-order valence-electron chi connectivity index (χ2n) is 17.5. The number of benzene rings is 2. The van der Waals surface area contributed by atoms with Crippen LogP contribution >= 0.6 is 0 Å². The minimum Gasteiger partial charge on any atom is -0.507 e. The van der Waals surface area contributed by atoms with Crippen molar-refractivity contribution in [2.75, 3.05) is 19.8 Å². The lowest BCUT2D eigenvalue weighted by atomic mass is 9.77. The quantitative estimate of drug-likeness (QED) is 0.354. The molecule has 0 amide bonds. The fourth-order valence-corrected chi connectivity index (χ4v) is 5.86. The molecule has 2 aromatic carbocycles. The number of hydrogen-bond donors (Lipinski definition) is 2. The van der Waals surface area contributed by atoms with Crippen LogP contribution in [0.3, 0.4) is 0 Å². The van der Waals surface area contributed by atoms with Crippen molar-refractivity contribution in [3.05, 3.63) is 57.6 Å². The van der Waals surface area contributed by atoms with Gasteiger partial charge in [-0.15, -0.1) is 0 Å². The number of phenolic OH excluding ortho intramolecular Hbond substituents is 2. The van der Waals surface area contributed by atoms with E-state index in [-0.39, 0.29) is 34.1 Å². The molecule has 0 radical (unpaired) electrons. The predicted octanol–water partition coefficient (Wildman–Crippen LogP) is 10.1. The van der Waals surface area contributed by atoms with Crippen molar-refractivity contribution in [1.82, 2.24) is 0 Å². The zero-order chi connectivity index (χ0) is 33.4. The van der Waals surface area contributed by atoms with Gasteiger partial charge in [0.25, 0.3) is 0 Å². The van der Waals surface area contributed by atoms with E-state index in [1.165, 1.54) is 12.0 Å². The van der Waals surface area contributed by atoms with Gasteiger partial charge in [0.2, 0.25) is 0 Å². The lowest BCUT2D eigenvalue weighted by molar-refractivity contribution is -0.202. The second-order valence-corrected chi connectivity index (χ2v) is 17.5. The van der Waals surface area contributed by atoms with Gasteiger partial charge in [0, 0.05) is 18.1 Å². The molecule has 2 N–H and O–H groups in total. The van der Waals surface area contributed by atoms with Crippen LogP contribution < -0.4 is 0 Å². The summed E-state index contributed by atoms with van der Waals surface area (Å²) >= 11 is 0. The molecule has 5 nitrogen and oxygen atoms in total. The van der Waals surface area contributed by atoms with Crippen molar-refractivity contribution in [3.8, 4) is 11.5 Å². The van der Waals surface area contributed by atoms with Crippen molar-refractivity contribution < 1.29 is 24.4 Å². The standard InChI is InChI=1S/C20H32O2.C19H30O3/c1-13-8-9-17(22-12-13)14-10-15(19(2,3)4)18(21)16(11-14)20(5,6)7;1-12-10-21-17(22-11-12)13-8-14(18(2,3)4)16(20)15(9-13)19(5,6)7/h10-11,13,17,21H,8-9,12H2,1-7H3;8-9,12,17,20H,10-11H2,1-7H3. The van der Waals surface area contributed by atoms with E-state index in [0.717, 1.165) is 40.8 Å². The van der Waals surface area contributed by atoms with Gasteiger partial charge in [0.05, 0.1) is 19.3 Å². The van der Waals surface area contributed by atoms with E-state index < -0.39 is 0 Å². The number of ether oxygens (including phenoxy) is 3. The predicted molar refractivity (Wildman–Crippen MR) is 182 cm³/mol. The maximum atomic E-state index is 10.8. The Morgan fingerprint density at radius 2 is 0.841 bits per heavy atom. The first-order valence-electron chi connectivity index (χ1n) is 16.6. The number of aromatic hydroxyl groups is 2. The molecule has 0 saturated carbocycles. The molecule has 2 fully saturated rings. The summed E-state index contributed by atoms with van der Waals surface area (Å²) in [5.41, 5.74) is 5.73. The third kappa shape index (κ3) is 9.01. The third-order valence-corrected chi connectivity index (χ3v) is 8.71. The lowest BCUT2D eigenvalue weighted by Crippen LogP contribution is -2.26. The smallest absolute Gasteiger partial charge is 0.183 e. The first-order chi connectivity index (χ1) is 20.0. The van der Waals surface area contributed by atoms with Gasteiger partial charge in [0.15, 0.2) is 6.29 Å². The SMILES string of the molecule is CC1CCC(c2cc(C(C)(C)C)c(O)c(C(C)(C)C)c2)OC1.CC1COC(c2cc(C(C)(C)C)c(O)c(C(C)(C)C)c2)OC1. The van der Waals surface area contributed by atoms with Crippen molar-refractivity contribution >= 4 is 0 Å². The monoisotopic (exact) mass is 610 g/mol. The zero-order valence-electron chi connectivity index (χ0n) is 30.3. The van der Waals surface area contributed by atoms with Crippen LogP contribution in [0.1, 0.15) is 156 Å². The highest BCUT2D eigenvalue weighted by Gasteiger charge is 2.31. The summed E-state index contributed by atoms with van der Waals surface area (Å²) in [6, 6.07) is 8.38. The Morgan fingerprint density at radius 3 is 1.16 bits per heavy atom. The van der Waals surface area contributed by atoms with Gasteiger partial charge < -0.3 is 24.4 Å². The van der Waals surface area contributed by atoms with Crippen LogP contribution in [0.25, 0.3) is 0 Å². The van der Waals surface area contributed by atoms with Crippen LogP contribution in [-0.4, -0.2) is 30.0 Å². The maximum Gasteiger partial charge on any atom is 0.183 e. The topological polar surface area (TPSA) is 68.2 Å². The van der Waals surface area contributed by atoms with Crippen molar-refractivity contribution in [2.24, 2.45) is 11.8 Å². The van der Waals surface area contributed by atoms with Gasteiger partial charge in [-0.3, -0.25) is 0 Å². The van der Waals surface area contributed by atoms with Gasteiger partial charge in [-0.2, -0.15) is 0 Å². The highest BCUT2D eigenvalue weighted by atomic mass is 16.7. The van der Waals surface area contributed by atoms with E-state index in [1.807, 2.05) is 12.1 Å². The minimum absolute atomic E-state index is 0.0813. The van der Waals surface area contributed by atoms with E-state index in [0.29, 0.717) is 36.5 Å². The summed E-state index contributed by atoms with van der Waals surface area (Å²) in [6.07, 6.45) is 2.11. The van der Waals surface area contributed by atoms with Crippen LogP contribution in [0.15, 0.2) is 24.3 Å². The molecule has 2 aliphatic heterocycles. The van der Waals surface area contributed by atoms with Gasteiger partial charge in [0.1, 0.15) is 11.5 Å². The maximum absolute atomic E-state index is 10.8. The highest BCUT2D eigenvalue weighted by molar-refractivity contribution is 5.51. The van der Waals surface area contributed by atoms with Gasteiger partial charge in [-0.05, 0) is 92.5 Å². The Kier molecular flexibility index (Phi) is 11.0. The largest absolute Gasteiger partial charge is 0.507 e. The van der Waals surface area contributed by atoms with Crippen molar-refractivity contribution in [2.45, 2.75) is 144 Å². The molecule has 0 bridgehead atoms. The van der Waals surface area contributed by atoms with Gasteiger partial charge in [-0.1, -0.05) is 96.9 Å². The minimum atomic E-state index is -0.334. The summed E-state index contributed by atoms with van der Waals surface area (Å²) in [5.74, 6) is 1.93. The fraction of sp³-hybridized carbons (Fsp3) is 0.692. The first kappa shape index (κ1) is 36.4. The average molecular weight is 611 g/mol. The summed E-state index contributed by atoms with van der Waals surface area (Å²) in [4.78, 5) is 0. The highest BCUT2D eigenvalue weighted by Crippen LogP contribution is 2.44. The van der Waals surface area contributed by atoms with E-state index in [1.54, 1.807) is 0 Å². The molecule has 5 heteroatoms. The van der Waals surface area contributed by atoms with Gasteiger partial charge >= 0.3 is 0 Å². The average Bonchev–Trinajstić information content (AvgIpc) is 2.88. The molecule has 248 valence electrons. The molecule has 4 rings (SSSR count). The van der Waals surface area contributed by atoms with E-state index >= 15 is 0 Å². The van der Waals surface area contributed by atoms with E-state index in [2.05, 4.69) is 109 Å². The molecule has 2 unspecified atom stereocenters. The molecule has 2 heterocycles.